The average molecular weight is 218 g/mol. The number of rotatable bonds is 3. The van der Waals surface area contributed by atoms with Crippen LogP contribution < -0.4 is 5.32 Å². The fourth-order valence-electron chi connectivity index (χ4n) is 2.13. The highest BCUT2D eigenvalue weighted by Gasteiger charge is 2.21. The lowest BCUT2D eigenvalue weighted by molar-refractivity contribution is -0.128. The number of hydrogen-bond acceptors (Lipinski definition) is 2. The van der Waals surface area contributed by atoms with Gasteiger partial charge in [0.1, 0.15) is 0 Å². The van der Waals surface area contributed by atoms with Gasteiger partial charge in [0, 0.05) is 33.1 Å². The molecule has 1 heterocycles. The van der Waals surface area contributed by atoms with Gasteiger partial charge in [-0.05, 0) is 17.5 Å². The molecule has 0 aromatic heterocycles. The van der Waals surface area contributed by atoms with E-state index in [4.69, 9.17) is 0 Å². The summed E-state index contributed by atoms with van der Waals surface area (Å²) in [6.07, 6.45) is 1.49. The van der Waals surface area contributed by atoms with Crippen molar-refractivity contribution in [2.24, 2.45) is 0 Å². The largest absolute Gasteiger partial charge is 0.349 e. The standard InChI is InChI=1S/C13H18N2O/c1-15(2)13(16)8-7-12-11-6-4-3-5-10(11)9-14-12/h3-6,12,14H,7-9H2,1-2H3. The maximum absolute atomic E-state index is 11.5. The highest BCUT2D eigenvalue weighted by Crippen LogP contribution is 2.28. The fourth-order valence-corrected chi connectivity index (χ4v) is 2.13. The van der Waals surface area contributed by atoms with E-state index in [2.05, 4.69) is 29.6 Å². The van der Waals surface area contributed by atoms with Crippen molar-refractivity contribution in [3.63, 3.8) is 0 Å². The molecule has 0 bridgehead atoms. The Kier molecular flexibility index (Phi) is 3.25. The van der Waals surface area contributed by atoms with Gasteiger partial charge >= 0.3 is 0 Å². The molecule has 1 N–H and O–H groups in total. The molecule has 3 heteroatoms. The van der Waals surface area contributed by atoms with E-state index in [-0.39, 0.29) is 5.91 Å². The lowest BCUT2D eigenvalue weighted by Gasteiger charge is -2.14. The molecule has 1 unspecified atom stereocenters. The first-order chi connectivity index (χ1) is 7.68. The van der Waals surface area contributed by atoms with Gasteiger partial charge in [-0.2, -0.15) is 0 Å². The van der Waals surface area contributed by atoms with Crippen LogP contribution in [0.1, 0.15) is 30.0 Å². The molecule has 1 aromatic carbocycles. The summed E-state index contributed by atoms with van der Waals surface area (Å²) < 4.78 is 0. The van der Waals surface area contributed by atoms with E-state index in [1.165, 1.54) is 11.1 Å². The van der Waals surface area contributed by atoms with Crippen molar-refractivity contribution >= 4 is 5.91 Å². The van der Waals surface area contributed by atoms with Crippen LogP contribution >= 0.6 is 0 Å². The second-order valence-electron chi connectivity index (χ2n) is 4.46. The van der Waals surface area contributed by atoms with E-state index in [1.807, 2.05) is 0 Å². The van der Waals surface area contributed by atoms with Crippen LogP contribution in [0.15, 0.2) is 24.3 Å². The summed E-state index contributed by atoms with van der Waals surface area (Å²) in [5, 5.41) is 3.45. The van der Waals surface area contributed by atoms with E-state index in [9.17, 15) is 4.79 Å². The zero-order valence-electron chi connectivity index (χ0n) is 9.86. The molecule has 1 atom stereocenters. The highest BCUT2D eigenvalue weighted by molar-refractivity contribution is 5.75. The Bertz CT molecular complexity index is 387. The molecule has 0 fully saturated rings. The first-order valence-corrected chi connectivity index (χ1v) is 5.70. The number of carbonyl (C=O) groups excluding carboxylic acids is 1. The van der Waals surface area contributed by atoms with E-state index in [0.717, 1.165) is 13.0 Å². The average Bonchev–Trinajstić information content (AvgIpc) is 2.69. The van der Waals surface area contributed by atoms with Crippen LogP contribution in [0.25, 0.3) is 0 Å². The SMILES string of the molecule is CN(C)C(=O)CCC1NCc2ccccc21. The van der Waals surface area contributed by atoms with Gasteiger partial charge < -0.3 is 10.2 Å². The van der Waals surface area contributed by atoms with Crippen LogP contribution in [-0.4, -0.2) is 24.9 Å². The third kappa shape index (κ3) is 2.25. The number of amides is 1. The van der Waals surface area contributed by atoms with Crippen molar-refractivity contribution in [3.8, 4) is 0 Å². The third-order valence-corrected chi connectivity index (χ3v) is 3.12. The monoisotopic (exact) mass is 218 g/mol. The molecule has 0 radical (unpaired) electrons. The number of benzene rings is 1. The minimum absolute atomic E-state index is 0.200. The molecule has 3 nitrogen and oxygen atoms in total. The molecular weight excluding hydrogens is 200 g/mol. The molecule has 16 heavy (non-hydrogen) atoms. The lowest BCUT2D eigenvalue weighted by Crippen LogP contribution is -2.23. The molecule has 1 aliphatic heterocycles. The van der Waals surface area contributed by atoms with Crippen molar-refractivity contribution < 1.29 is 4.79 Å². The smallest absolute Gasteiger partial charge is 0.222 e. The van der Waals surface area contributed by atoms with Gasteiger partial charge in [-0.25, -0.2) is 0 Å². The van der Waals surface area contributed by atoms with Crippen molar-refractivity contribution in [2.75, 3.05) is 14.1 Å². The Labute approximate surface area is 96.5 Å². The Balaban J connectivity index is 1.96. The summed E-state index contributed by atoms with van der Waals surface area (Å²) in [5.74, 6) is 0.200. The summed E-state index contributed by atoms with van der Waals surface area (Å²) in [6, 6.07) is 8.77. The van der Waals surface area contributed by atoms with Gasteiger partial charge in [0.05, 0.1) is 0 Å². The number of hydrogen-bond donors (Lipinski definition) is 1. The van der Waals surface area contributed by atoms with Crippen LogP contribution in [0.2, 0.25) is 0 Å². The predicted octanol–water partition coefficient (Wildman–Crippen LogP) is 1.70. The molecule has 0 saturated heterocycles. The summed E-state index contributed by atoms with van der Waals surface area (Å²) in [5.41, 5.74) is 2.72. The first kappa shape index (κ1) is 11.1. The van der Waals surface area contributed by atoms with Gasteiger partial charge in [0.25, 0.3) is 0 Å². The van der Waals surface area contributed by atoms with E-state index in [0.29, 0.717) is 12.5 Å². The second-order valence-corrected chi connectivity index (χ2v) is 4.46. The Morgan fingerprint density at radius 3 is 2.94 bits per heavy atom. The zero-order chi connectivity index (χ0) is 11.5. The van der Waals surface area contributed by atoms with E-state index < -0.39 is 0 Å². The molecule has 0 spiro atoms. The van der Waals surface area contributed by atoms with Gasteiger partial charge in [-0.15, -0.1) is 0 Å². The van der Waals surface area contributed by atoms with Crippen LogP contribution in [0, 0.1) is 0 Å². The Morgan fingerprint density at radius 1 is 1.44 bits per heavy atom. The maximum Gasteiger partial charge on any atom is 0.222 e. The molecule has 1 aromatic rings. The van der Waals surface area contributed by atoms with E-state index in [1.54, 1.807) is 19.0 Å². The number of fused-ring (bicyclic) bond motifs is 1. The lowest BCUT2D eigenvalue weighted by atomic mass is 10.0. The van der Waals surface area contributed by atoms with Crippen LogP contribution in [0.3, 0.4) is 0 Å². The Morgan fingerprint density at radius 2 is 2.19 bits per heavy atom. The van der Waals surface area contributed by atoms with Crippen LogP contribution in [-0.2, 0) is 11.3 Å². The molecule has 0 saturated carbocycles. The number of nitrogens with zero attached hydrogens (tertiary/aromatic N) is 1. The summed E-state index contributed by atoms with van der Waals surface area (Å²) >= 11 is 0. The Hall–Kier alpha value is -1.35. The molecule has 86 valence electrons. The molecule has 0 aliphatic carbocycles. The topological polar surface area (TPSA) is 32.3 Å². The number of nitrogens with one attached hydrogen (secondary N) is 1. The first-order valence-electron chi connectivity index (χ1n) is 5.70. The predicted molar refractivity (Wildman–Crippen MR) is 64.0 cm³/mol. The molecular formula is C13H18N2O. The fraction of sp³-hybridized carbons (Fsp3) is 0.462. The minimum Gasteiger partial charge on any atom is -0.349 e. The summed E-state index contributed by atoms with van der Waals surface area (Å²) in [7, 11) is 3.61. The van der Waals surface area contributed by atoms with Crippen LogP contribution in [0.4, 0.5) is 0 Å². The summed E-state index contributed by atoms with van der Waals surface area (Å²) in [4.78, 5) is 13.2. The third-order valence-electron chi connectivity index (χ3n) is 3.12. The van der Waals surface area contributed by atoms with Gasteiger partial charge in [-0.1, -0.05) is 24.3 Å². The zero-order valence-corrected chi connectivity index (χ0v) is 9.86. The van der Waals surface area contributed by atoms with Gasteiger partial charge in [-0.3, -0.25) is 4.79 Å². The molecule has 1 amide bonds. The molecule has 2 rings (SSSR count). The van der Waals surface area contributed by atoms with Crippen molar-refractivity contribution in [3.05, 3.63) is 35.4 Å². The van der Waals surface area contributed by atoms with E-state index >= 15 is 0 Å². The second kappa shape index (κ2) is 4.66. The number of carbonyl (C=O) groups is 1. The highest BCUT2D eigenvalue weighted by atomic mass is 16.2. The maximum atomic E-state index is 11.5. The van der Waals surface area contributed by atoms with Crippen molar-refractivity contribution in [1.29, 1.82) is 0 Å². The van der Waals surface area contributed by atoms with Gasteiger partial charge in [0.2, 0.25) is 5.91 Å². The van der Waals surface area contributed by atoms with Gasteiger partial charge in [0.15, 0.2) is 0 Å². The van der Waals surface area contributed by atoms with Crippen molar-refractivity contribution in [2.45, 2.75) is 25.4 Å². The quantitative estimate of drug-likeness (QED) is 0.837. The van der Waals surface area contributed by atoms with Crippen LogP contribution in [0.5, 0.6) is 0 Å². The normalized spacial score (nSPS) is 18.2. The molecule has 1 aliphatic rings. The minimum atomic E-state index is 0.200. The summed E-state index contributed by atoms with van der Waals surface area (Å²) in [6.45, 7) is 0.928. The van der Waals surface area contributed by atoms with Crippen molar-refractivity contribution in [1.82, 2.24) is 10.2 Å².